The first-order valence-corrected chi connectivity index (χ1v) is 6.70. The van der Waals surface area contributed by atoms with Gasteiger partial charge in [0.2, 0.25) is 5.91 Å². The molecule has 1 amide bonds. The van der Waals surface area contributed by atoms with E-state index in [-0.39, 0.29) is 11.8 Å². The summed E-state index contributed by atoms with van der Waals surface area (Å²) >= 11 is 1.63. The Labute approximate surface area is 110 Å². The van der Waals surface area contributed by atoms with Crippen LogP contribution in [0.5, 0.6) is 0 Å². The molecule has 0 bridgehead atoms. The molecule has 2 rings (SSSR count). The summed E-state index contributed by atoms with van der Waals surface area (Å²) in [5, 5.41) is 4.83. The van der Waals surface area contributed by atoms with Crippen LogP contribution >= 0.6 is 11.3 Å². The second-order valence-electron chi connectivity index (χ2n) is 4.01. The number of carbonyl (C=O) groups is 1. The molecule has 2 aromatic rings. The molecule has 18 heavy (non-hydrogen) atoms. The van der Waals surface area contributed by atoms with Crippen molar-refractivity contribution in [1.29, 1.82) is 0 Å². The average molecular weight is 264 g/mol. The van der Waals surface area contributed by atoms with E-state index in [9.17, 15) is 4.79 Å². The van der Waals surface area contributed by atoms with Crippen molar-refractivity contribution >= 4 is 17.2 Å². The Hall–Kier alpha value is -1.59. The van der Waals surface area contributed by atoms with E-state index < -0.39 is 0 Å². The summed E-state index contributed by atoms with van der Waals surface area (Å²) in [7, 11) is 0. The van der Waals surface area contributed by atoms with Crippen LogP contribution in [-0.2, 0) is 11.3 Å². The second-order valence-corrected chi connectivity index (χ2v) is 4.99. The zero-order valence-electron chi connectivity index (χ0n) is 9.96. The lowest BCUT2D eigenvalue weighted by Crippen LogP contribution is -2.26. The smallest absolute Gasteiger partial charge is 0.221 e. The monoisotopic (exact) mass is 264 g/mol. The molecule has 0 saturated heterocycles. The van der Waals surface area contributed by atoms with Gasteiger partial charge in [-0.3, -0.25) is 4.79 Å². The van der Waals surface area contributed by atoms with Gasteiger partial charge in [-0.25, -0.2) is 0 Å². The van der Waals surface area contributed by atoms with Crippen LogP contribution in [0, 0.1) is 0 Å². The molecule has 5 heteroatoms. The fraction of sp³-hybridized carbons (Fsp3) is 0.308. The largest absolute Gasteiger partial charge is 0.467 e. The molecule has 0 fully saturated rings. The van der Waals surface area contributed by atoms with Gasteiger partial charge in [0.05, 0.1) is 12.8 Å². The fourth-order valence-corrected chi connectivity index (χ4v) is 2.56. The van der Waals surface area contributed by atoms with Crippen molar-refractivity contribution in [3.63, 3.8) is 0 Å². The molecule has 0 aromatic carbocycles. The molecular weight excluding hydrogens is 248 g/mol. The lowest BCUT2D eigenvalue weighted by Gasteiger charge is -2.12. The maximum absolute atomic E-state index is 11.8. The van der Waals surface area contributed by atoms with E-state index in [1.165, 1.54) is 0 Å². The van der Waals surface area contributed by atoms with Crippen molar-refractivity contribution < 1.29 is 9.21 Å². The summed E-state index contributed by atoms with van der Waals surface area (Å²) in [6, 6.07) is 7.63. The van der Waals surface area contributed by atoms with Gasteiger partial charge in [0.25, 0.3) is 0 Å². The third-order valence-corrected chi connectivity index (χ3v) is 3.74. The fourth-order valence-electron chi connectivity index (χ4n) is 1.72. The van der Waals surface area contributed by atoms with Crippen LogP contribution in [0.1, 0.15) is 23.0 Å². The highest BCUT2D eigenvalue weighted by Crippen LogP contribution is 2.23. The SMILES string of the molecule is NCC(CC(=O)NCc1ccco1)c1cccs1. The number of rotatable bonds is 6. The van der Waals surface area contributed by atoms with Crippen LogP contribution < -0.4 is 11.1 Å². The van der Waals surface area contributed by atoms with Crippen LogP contribution in [-0.4, -0.2) is 12.5 Å². The van der Waals surface area contributed by atoms with Gasteiger partial charge in [-0.05, 0) is 23.6 Å². The van der Waals surface area contributed by atoms with Gasteiger partial charge < -0.3 is 15.5 Å². The molecule has 3 N–H and O–H groups in total. The van der Waals surface area contributed by atoms with Crippen molar-refractivity contribution in [2.24, 2.45) is 5.73 Å². The summed E-state index contributed by atoms with van der Waals surface area (Å²) in [5.74, 6) is 0.848. The quantitative estimate of drug-likeness (QED) is 0.839. The van der Waals surface area contributed by atoms with Crippen LogP contribution in [0.3, 0.4) is 0 Å². The molecule has 1 unspecified atom stereocenters. The van der Waals surface area contributed by atoms with Crippen molar-refractivity contribution in [2.75, 3.05) is 6.54 Å². The standard InChI is InChI=1S/C13H16N2O2S/c14-8-10(12-4-2-6-18-12)7-13(16)15-9-11-3-1-5-17-11/h1-6,10H,7-9,14H2,(H,15,16). The Balaban J connectivity index is 1.82. The third-order valence-electron chi connectivity index (χ3n) is 2.70. The van der Waals surface area contributed by atoms with Crippen LogP contribution in [0.4, 0.5) is 0 Å². The number of nitrogens with one attached hydrogen (secondary N) is 1. The summed E-state index contributed by atoms with van der Waals surface area (Å²) in [4.78, 5) is 13.0. The molecule has 0 aliphatic rings. The van der Waals surface area contributed by atoms with Gasteiger partial charge in [-0.1, -0.05) is 6.07 Å². The maximum atomic E-state index is 11.8. The molecule has 0 aliphatic carbocycles. The van der Waals surface area contributed by atoms with E-state index in [4.69, 9.17) is 10.2 Å². The first-order valence-electron chi connectivity index (χ1n) is 5.82. The molecule has 4 nitrogen and oxygen atoms in total. The molecule has 0 aliphatic heterocycles. The number of furan rings is 1. The highest BCUT2D eigenvalue weighted by molar-refractivity contribution is 7.10. The maximum Gasteiger partial charge on any atom is 0.221 e. The van der Waals surface area contributed by atoms with E-state index in [1.807, 2.05) is 23.6 Å². The van der Waals surface area contributed by atoms with Crippen LogP contribution in [0.25, 0.3) is 0 Å². The molecule has 2 heterocycles. The zero-order chi connectivity index (χ0) is 12.8. The average Bonchev–Trinajstić information content (AvgIpc) is 3.05. The Morgan fingerprint density at radius 2 is 2.33 bits per heavy atom. The minimum Gasteiger partial charge on any atom is -0.467 e. The van der Waals surface area contributed by atoms with E-state index >= 15 is 0 Å². The van der Waals surface area contributed by atoms with E-state index in [0.29, 0.717) is 19.5 Å². The highest BCUT2D eigenvalue weighted by Gasteiger charge is 2.15. The number of amides is 1. The Kier molecular flexibility index (Phi) is 4.55. The van der Waals surface area contributed by atoms with Crippen LogP contribution in [0.2, 0.25) is 0 Å². The number of hydrogen-bond donors (Lipinski definition) is 2. The first-order chi connectivity index (χ1) is 8.79. The summed E-state index contributed by atoms with van der Waals surface area (Å²) in [6.07, 6.45) is 2.01. The van der Waals surface area contributed by atoms with Crippen molar-refractivity contribution in [2.45, 2.75) is 18.9 Å². The van der Waals surface area contributed by atoms with Gasteiger partial charge in [-0.15, -0.1) is 11.3 Å². The molecule has 0 radical (unpaired) electrons. The first kappa shape index (κ1) is 12.9. The minimum absolute atomic E-state index is 0.00440. The Morgan fingerprint density at radius 3 is 2.94 bits per heavy atom. The third kappa shape index (κ3) is 3.45. The van der Waals surface area contributed by atoms with E-state index in [1.54, 1.807) is 23.7 Å². The number of nitrogens with two attached hydrogens (primary N) is 1. The lowest BCUT2D eigenvalue weighted by molar-refractivity contribution is -0.121. The second kappa shape index (κ2) is 6.37. The summed E-state index contributed by atoms with van der Waals surface area (Å²) in [6.45, 7) is 0.905. The van der Waals surface area contributed by atoms with Gasteiger partial charge in [0.15, 0.2) is 0 Å². The topological polar surface area (TPSA) is 68.3 Å². The minimum atomic E-state index is -0.00440. The molecule has 1 atom stereocenters. The number of hydrogen-bond acceptors (Lipinski definition) is 4. The highest BCUT2D eigenvalue weighted by atomic mass is 32.1. The molecule has 2 aromatic heterocycles. The van der Waals surface area contributed by atoms with Gasteiger partial charge in [0, 0.05) is 23.8 Å². The van der Waals surface area contributed by atoms with E-state index in [2.05, 4.69) is 5.32 Å². The zero-order valence-corrected chi connectivity index (χ0v) is 10.8. The van der Waals surface area contributed by atoms with Gasteiger partial charge in [0.1, 0.15) is 5.76 Å². The summed E-state index contributed by atoms with van der Waals surface area (Å²) < 4.78 is 5.15. The molecule has 96 valence electrons. The summed E-state index contributed by atoms with van der Waals surface area (Å²) in [5.41, 5.74) is 5.71. The number of carbonyl (C=O) groups excluding carboxylic acids is 1. The van der Waals surface area contributed by atoms with Crippen LogP contribution in [0.15, 0.2) is 40.3 Å². The normalized spacial score (nSPS) is 12.3. The predicted molar refractivity (Wildman–Crippen MR) is 71.3 cm³/mol. The predicted octanol–water partition coefficient (Wildman–Crippen LogP) is 2.09. The van der Waals surface area contributed by atoms with Crippen molar-refractivity contribution in [1.82, 2.24) is 5.32 Å². The van der Waals surface area contributed by atoms with Crippen molar-refractivity contribution in [3.05, 3.63) is 46.5 Å². The Bertz CT molecular complexity index is 465. The van der Waals surface area contributed by atoms with Crippen molar-refractivity contribution in [3.8, 4) is 0 Å². The Morgan fingerprint density at radius 1 is 1.44 bits per heavy atom. The van der Waals surface area contributed by atoms with Gasteiger partial charge in [-0.2, -0.15) is 0 Å². The molecule has 0 saturated carbocycles. The number of thiophene rings is 1. The van der Waals surface area contributed by atoms with Gasteiger partial charge >= 0.3 is 0 Å². The molecule has 0 spiro atoms. The van der Waals surface area contributed by atoms with E-state index in [0.717, 1.165) is 10.6 Å². The lowest BCUT2D eigenvalue weighted by atomic mass is 10.0. The molecular formula is C13H16N2O2S.